The van der Waals surface area contributed by atoms with E-state index in [1.807, 2.05) is 13.0 Å². The molecular weight excluding hydrogens is 430 g/mol. The molecule has 0 saturated heterocycles. The number of halogens is 2. The van der Waals surface area contributed by atoms with Gasteiger partial charge in [-0.2, -0.15) is 8.78 Å². The minimum absolute atomic E-state index is 0.0509. The maximum atomic E-state index is 12.6. The van der Waals surface area contributed by atoms with Crippen molar-refractivity contribution in [1.82, 2.24) is 5.32 Å². The SMILES string of the molecule is COc1cc(CCNC(=O)c2ccc(C)c(NC(=O)c3ccccc3)c2)ccc1OC(F)F. The Labute approximate surface area is 190 Å². The van der Waals surface area contributed by atoms with Gasteiger partial charge in [0.15, 0.2) is 11.5 Å². The molecule has 3 aromatic carbocycles. The first kappa shape index (κ1) is 23.7. The number of carbonyl (C=O) groups is 2. The highest BCUT2D eigenvalue weighted by molar-refractivity contribution is 6.05. The van der Waals surface area contributed by atoms with Crippen LogP contribution < -0.4 is 20.1 Å². The van der Waals surface area contributed by atoms with Crippen molar-refractivity contribution in [2.24, 2.45) is 0 Å². The number of anilines is 1. The molecule has 8 heteroatoms. The van der Waals surface area contributed by atoms with E-state index in [0.717, 1.165) is 11.1 Å². The van der Waals surface area contributed by atoms with Crippen molar-refractivity contribution >= 4 is 17.5 Å². The molecule has 172 valence electrons. The zero-order chi connectivity index (χ0) is 23.8. The molecule has 0 heterocycles. The first-order valence-corrected chi connectivity index (χ1v) is 10.2. The van der Waals surface area contributed by atoms with Crippen LogP contribution in [0.5, 0.6) is 11.5 Å². The Morgan fingerprint density at radius 2 is 1.67 bits per heavy atom. The van der Waals surface area contributed by atoms with Crippen LogP contribution in [0.4, 0.5) is 14.5 Å². The molecule has 0 bridgehead atoms. The van der Waals surface area contributed by atoms with E-state index in [9.17, 15) is 18.4 Å². The number of rotatable bonds is 9. The van der Waals surface area contributed by atoms with Crippen LogP contribution in [0.1, 0.15) is 31.8 Å². The predicted molar refractivity (Wildman–Crippen MR) is 121 cm³/mol. The highest BCUT2D eigenvalue weighted by Gasteiger charge is 2.13. The number of benzene rings is 3. The van der Waals surface area contributed by atoms with E-state index in [1.165, 1.54) is 13.2 Å². The summed E-state index contributed by atoms with van der Waals surface area (Å²) in [5.74, 6) is -0.416. The number of nitrogens with one attached hydrogen (secondary N) is 2. The Hall–Kier alpha value is -3.94. The Bertz CT molecular complexity index is 1120. The number of amides is 2. The highest BCUT2D eigenvalue weighted by Crippen LogP contribution is 2.29. The molecule has 6 nitrogen and oxygen atoms in total. The van der Waals surface area contributed by atoms with E-state index in [2.05, 4.69) is 15.4 Å². The fraction of sp³-hybridized carbons (Fsp3) is 0.200. The van der Waals surface area contributed by atoms with Crippen LogP contribution in [0.25, 0.3) is 0 Å². The van der Waals surface area contributed by atoms with Crippen LogP contribution in [0.2, 0.25) is 0 Å². The minimum atomic E-state index is -2.94. The molecule has 0 atom stereocenters. The largest absolute Gasteiger partial charge is 0.493 e. The minimum Gasteiger partial charge on any atom is -0.493 e. The molecule has 33 heavy (non-hydrogen) atoms. The number of aryl methyl sites for hydroxylation is 1. The van der Waals surface area contributed by atoms with Gasteiger partial charge < -0.3 is 20.1 Å². The summed E-state index contributed by atoms with van der Waals surface area (Å²) in [6.45, 7) is -0.783. The van der Waals surface area contributed by atoms with E-state index in [-0.39, 0.29) is 23.3 Å². The van der Waals surface area contributed by atoms with Gasteiger partial charge in [-0.3, -0.25) is 9.59 Å². The third-order valence-corrected chi connectivity index (χ3v) is 4.93. The van der Waals surface area contributed by atoms with Crippen molar-refractivity contribution in [1.29, 1.82) is 0 Å². The van der Waals surface area contributed by atoms with Crippen molar-refractivity contribution < 1.29 is 27.8 Å². The average Bonchev–Trinajstić information content (AvgIpc) is 2.81. The van der Waals surface area contributed by atoms with E-state index in [4.69, 9.17) is 4.74 Å². The summed E-state index contributed by atoms with van der Waals surface area (Å²) in [7, 11) is 1.37. The van der Waals surface area contributed by atoms with Gasteiger partial charge in [0.25, 0.3) is 11.8 Å². The molecule has 0 aliphatic heterocycles. The molecule has 3 rings (SSSR count). The van der Waals surface area contributed by atoms with Crippen molar-refractivity contribution in [2.45, 2.75) is 20.0 Å². The van der Waals surface area contributed by atoms with Crippen LogP contribution >= 0.6 is 0 Å². The predicted octanol–water partition coefficient (Wildman–Crippen LogP) is 4.83. The Kier molecular flexibility index (Phi) is 7.96. The van der Waals surface area contributed by atoms with Crippen molar-refractivity contribution in [2.75, 3.05) is 19.0 Å². The summed E-state index contributed by atoms with van der Waals surface area (Å²) in [4.78, 5) is 25.0. The molecule has 0 spiro atoms. The second-order valence-corrected chi connectivity index (χ2v) is 7.22. The Morgan fingerprint density at radius 3 is 2.36 bits per heavy atom. The van der Waals surface area contributed by atoms with E-state index in [1.54, 1.807) is 54.6 Å². The third-order valence-electron chi connectivity index (χ3n) is 4.93. The van der Waals surface area contributed by atoms with Gasteiger partial charge in [0, 0.05) is 23.4 Å². The van der Waals surface area contributed by atoms with Gasteiger partial charge in [-0.25, -0.2) is 0 Å². The summed E-state index contributed by atoms with van der Waals surface area (Å²) in [5.41, 5.74) is 3.09. The van der Waals surface area contributed by atoms with Crippen LogP contribution in [0, 0.1) is 6.92 Å². The molecule has 0 unspecified atom stereocenters. The molecule has 0 aromatic heterocycles. The summed E-state index contributed by atoms with van der Waals surface area (Å²) < 4.78 is 34.4. The topological polar surface area (TPSA) is 76.7 Å². The highest BCUT2D eigenvalue weighted by atomic mass is 19.3. The van der Waals surface area contributed by atoms with Crippen LogP contribution in [0.3, 0.4) is 0 Å². The molecule has 0 aliphatic rings. The lowest BCUT2D eigenvalue weighted by atomic mass is 10.1. The Balaban J connectivity index is 1.60. The number of methoxy groups -OCH3 is 1. The second kappa shape index (κ2) is 11.1. The molecule has 0 radical (unpaired) electrons. The molecule has 2 amide bonds. The number of hydrogen-bond donors (Lipinski definition) is 2. The molecule has 0 saturated carbocycles. The van der Waals surface area contributed by atoms with E-state index >= 15 is 0 Å². The molecule has 0 aliphatic carbocycles. The average molecular weight is 454 g/mol. The first-order chi connectivity index (χ1) is 15.9. The van der Waals surface area contributed by atoms with Crippen LogP contribution in [-0.4, -0.2) is 32.1 Å². The lowest BCUT2D eigenvalue weighted by molar-refractivity contribution is -0.0512. The quantitative estimate of drug-likeness (QED) is 0.486. The zero-order valence-corrected chi connectivity index (χ0v) is 18.2. The van der Waals surface area contributed by atoms with E-state index in [0.29, 0.717) is 29.8 Å². The number of ether oxygens (including phenoxy) is 2. The number of alkyl halides is 2. The second-order valence-electron chi connectivity index (χ2n) is 7.22. The zero-order valence-electron chi connectivity index (χ0n) is 18.2. The van der Waals surface area contributed by atoms with Crippen LogP contribution in [-0.2, 0) is 6.42 Å². The van der Waals surface area contributed by atoms with Crippen molar-refractivity contribution in [3.63, 3.8) is 0 Å². The summed E-state index contributed by atoms with van der Waals surface area (Å²) in [6, 6.07) is 18.5. The standard InChI is InChI=1S/C25H24F2N2O4/c1-16-8-10-19(15-20(16)29-24(31)18-6-4-3-5-7-18)23(30)28-13-12-17-9-11-21(33-25(26)27)22(14-17)32-2/h3-11,14-15,25H,12-13H2,1-2H3,(H,28,30)(H,29,31). The number of hydrogen-bond acceptors (Lipinski definition) is 4. The fourth-order valence-corrected chi connectivity index (χ4v) is 3.17. The molecule has 2 N–H and O–H groups in total. The summed E-state index contributed by atoms with van der Waals surface area (Å²) >= 11 is 0. The van der Waals surface area contributed by atoms with Crippen molar-refractivity contribution in [3.05, 3.63) is 89.0 Å². The third kappa shape index (κ3) is 6.52. The first-order valence-electron chi connectivity index (χ1n) is 10.2. The molecule has 0 fully saturated rings. The van der Waals surface area contributed by atoms with Gasteiger partial charge in [-0.05, 0) is 60.9 Å². The normalized spacial score (nSPS) is 10.6. The fourth-order valence-electron chi connectivity index (χ4n) is 3.17. The lowest BCUT2D eigenvalue weighted by Crippen LogP contribution is -2.26. The van der Waals surface area contributed by atoms with Crippen LogP contribution in [0.15, 0.2) is 66.7 Å². The van der Waals surface area contributed by atoms with Crippen molar-refractivity contribution in [3.8, 4) is 11.5 Å². The van der Waals surface area contributed by atoms with Gasteiger partial charge in [0.1, 0.15) is 0 Å². The maximum absolute atomic E-state index is 12.6. The summed E-state index contributed by atoms with van der Waals surface area (Å²) in [6.07, 6.45) is 0.459. The maximum Gasteiger partial charge on any atom is 0.387 e. The summed E-state index contributed by atoms with van der Waals surface area (Å²) in [5, 5.41) is 5.66. The lowest BCUT2D eigenvalue weighted by Gasteiger charge is -2.12. The molecule has 3 aromatic rings. The monoisotopic (exact) mass is 454 g/mol. The van der Waals surface area contributed by atoms with E-state index < -0.39 is 6.61 Å². The smallest absolute Gasteiger partial charge is 0.387 e. The number of carbonyl (C=O) groups excluding carboxylic acids is 2. The van der Waals surface area contributed by atoms with Gasteiger partial charge in [-0.15, -0.1) is 0 Å². The molecular formula is C25H24F2N2O4. The van der Waals surface area contributed by atoms with Gasteiger partial charge in [-0.1, -0.05) is 30.3 Å². The Morgan fingerprint density at radius 1 is 0.909 bits per heavy atom. The van der Waals surface area contributed by atoms with Gasteiger partial charge in [0.2, 0.25) is 0 Å². The van der Waals surface area contributed by atoms with Gasteiger partial charge in [0.05, 0.1) is 7.11 Å². The van der Waals surface area contributed by atoms with Gasteiger partial charge >= 0.3 is 6.61 Å².